The molecule has 20 heavy (non-hydrogen) atoms. The van der Waals surface area contributed by atoms with Crippen LogP contribution in [0.15, 0.2) is 45.9 Å². The van der Waals surface area contributed by atoms with Gasteiger partial charge in [0.1, 0.15) is 5.75 Å². The fourth-order valence-electron chi connectivity index (χ4n) is 1.51. The largest absolute Gasteiger partial charge is 0.506 e. The van der Waals surface area contributed by atoms with Gasteiger partial charge in [-0.1, -0.05) is 6.07 Å². The predicted molar refractivity (Wildman–Crippen MR) is 88.9 cm³/mol. The fraction of sp³-hybridized carbons (Fsp3) is 0. The van der Waals surface area contributed by atoms with E-state index in [0.717, 1.165) is 3.57 Å². The van der Waals surface area contributed by atoms with Crippen molar-refractivity contribution >= 4 is 56.1 Å². The molecular weight excluding hydrogens is 439 g/mol. The highest BCUT2D eigenvalue weighted by molar-refractivity contribution is 14.1. The smallest absolute Gasteiger partial charge is 0.271 e. The Labute approximate surface area is 136 Å². The maximum Gasteiger partial charge on any atom is 0.271 e. The SMILES string of the molecule is O=[N+]([O-])c1cc(Br)c(O)c(C=Nc2cccc(I)c2)c1. The molecule has 0 aliphatic rings. The lowest BCUT2D eigenvalue weighted by atomic mass is 10.2. The minimum atomic E-state index is -0.521. The van der Waals surface area contributed by atoms with E-state index in [2.05, 4.69) is 43.5 Å². The number of aromatic hydroxyl groups is 1. The van der Waals surface area contributed by atoms with Crippen LogP contribution in [0.3, 0.4) is 0 Å². The minimum Gasteiger partial charge on any atom is -0.506 e. The van der Waals surface area contributed by atoms with E-state index in [9.17, 15) is 15.2 Å². The standard InChI is InChI=1S/C13H8BrIN2O3/c14-12-6-11(17(19)20)4-8(13(12)18)7-16-10-3-1-2-9(15)5-10/h1-7,18H. The Kier molecular flexibility index (Phi) is 4.71. The number of rotatable bonds is 3. The van der Waals surface area contributed by atoms with Crippen LogP contribution in [0.25, 0.3) is 0 Å². The molecule has 0 atom stereocenters. The van der Waals surface area contributed by atoms with Crippen LogP contribution in [0.4, 0.5) is 11.4 Å². The summed E-state index contributed by atoms with van der Waals surface area (Å²) in [6.45, 7) is 0. The van der Waals surface area contributed by atoms with E-state index < -0.39 is 4.92 Å². The summed E-state index contributed by atoms with van der Waals surface area (Å²) in [6.07, 6.45) is 1.40. The summed E-state index contributed by atoms with van der Waals surface area (Å²) >= 11 is 5.25. The Morgan fingerprint density at radius 3 is 2.75 bits per heavy atom. The van der Waals surface area contributed by atoms with Gasteiger partial charge in [0.2, 0.25) is 0 Å². The number of aliphatic imine (C=N–C) groups is 1. The molecule has 0 saturated heterocycles. The first-order chi connectivity index (χ1) is 9.47. The number of nitrogens with zero attached hydrogens (tertiary/aromatic N) is 2. The van der Waals surface area contributed by atoms with E-state index in [1.165, 1.54) is 18.3 Å². The first-order valence-corrected chi connectivity index (χ1v) is 7.31. The third-order valence-electron chi connectivity index (χ3n) is 2.45. The van der Waals surface area contributed by atoms with Gasteiger partial charge in [-0.2, -0.15) is 0 Å². The van der Waals surface area contributed by atoms with Crippen molar-refractivity contribution in [1.29, 1.82) is 0 Å². The van der Waals surface area contributed by atoms with Crippen LogP contribution < -0.4 is 0 Å². The molecule has 0 aliphatic heterocycles. The Hall–Kier alpha value is -1.48. The zero-order valence-electron chi connectivity index (χ0n) is 9.96. The second-order valence-electron chi connectivity index (χ2n) is 3.86. The van der Waals surface area contributed by atoms with Crippen LogP contribution in [-0.2, 0) is 0 Å². The Bertz CT molecular complexity index is 704. The van der Waals surface area contributed by atoms with Crippen molar-refractivity contribution in [3.63, 3.8) is 0 Å². The molecule has 7 heteroatoms. The monoisotopic (exact) mass is 446 g/mol. The van der Waals surface area contributed by atoms with Gasteiger partial charge in [-0.15, -0.1) is 0 Å². The summed E-state index contributed by atoms with van der Waals surface area (Å²) in [5.41, 5.74) is 0.877. The molecule has 0 spiro atoms. The summed E-state index contributed by atoms with van der Waals surface area (Å²) in [4.78, 5) is 14.5. The molecule has 5 nitrogen and oxygen atoms in total. The summed E-state index contributed by atoms with van der Waals surface area (Å²) in [5, 5.41) is 20.7. The summed E-state index contributed by atoms with van der Waals surface area (Å²) in [6, 6.07) is 9.98. The van der Waals surface area contributed by atoms with E-state index in [1.807, 2.05) is 24.3 Å². The van der Waals surface area contributed by atoms with Crippen LogP contribution in [0, 0.1) is 13.7 Å². The van der Waals surface area contributed by atoms with E-state index in [-0.39, 0.29) is 21.5 Å². The molecule has 102 valence electrons. The molecule has 0 heterocycles. The summed E-state index contributed by atoms with van der Waals surface area (Å²) < 4.78 is 1.29. The number of non-ortho nitro benzene ring substituents is 1. The van der Waals surface area contributed by atoms with Gasteiger partial charge >= 0.3 is 0 Å². The molecule has 0 bridgehead atoms. The van der Waals surface area contributed by atoms with Crippen molar-refractivity contribution in [2.75, 3.05) is 0 Å². The van der Waals surface area contributed by atoms with Gasteiger partial charge in [-0.25, -0.2) is 0 Å². The molecule has 0 amide bonds. The predicted octanol–water partition coefficient (Wildman–Crippen LogP) is 4.42. The van der Waals surface area contributed by atoms with Crippen LogP contribution >= 0.6 is 38.5 Å². The number of phenols is 1. The van der Waals surface area contributed by atoms with Crippen molar-refractivity contribution in [3.8, 4) is 5.75 Å². The lowest BCUT2D eigenvalue weighted by molar-refractivity contribution is -0.385. The first-order valence-electron chi connectivity index (χ1n) is 5.44. The number of hydrogen-bond acceptors (Lipinski definition) is 4. The molecule has 0 unspecified atom stereocenters. The molecule has 0 aliphatic carbocycles. The molecule has 1 N–H and O–H groups in total. The maximum atomic E-state index is 10.8. The highest BCUT2D eigenvalue weighted by atomic mass is 127. The first kappa shape index (κ1) is 14.9. The van der Waals surface area contributed by atoms with Crippen molar-refractivity contribution in [3.05, 3.63) is 60.1 Å². The highest BCUT2D eigenvalue weighted by Crippen LogP contribution is 2.31. The molecule has 0 aromatic heterocycles. The Morgan fingerprint density at radius 1 is 1.35 bits per heavy atom. The van der Waals surface area contributed by atoms with Gasteiger partial charge in [0.25, 0.3) is 5.69 Å². The number of hydrogen-bond donors (Lipinski definition) is 1. The molecule has 0 saturated carbocycles. The highest BCUT2D eigenvalue weighted by Gasteiger charge is 2.13. The summed E-state index contributed by atoms with van der Waals surface area (Å²) in [5.74, 6) is -0.0787. The second-order valence-corrected chi connectivity index (χ2v) is 5.96. The van der Waals surface area contributed by atoms with E-state index in [0.29, 0.717) is 5.69 Å². The van der Waals surface area contributed by atoms with Gasteiger partial charge in [0, 0.05) is 27.5 Å². The van der Waals surface area contributed by atoms with E-state index in [1.54, 1.807) is 0 Å². The van der Waals surface area contributed by atoms with Gasteiger partial charge in [-0.05, 0) is 56.7 Å². The van der Waals surface area contributed by atoms with Gasteiger partial charge < -0.3 is 5.11 Å². The third kappa shape index (κ3) is 3.54. The third-order valence-corrected chi connectivity index (χ3v) is 3.72. The molecule has 0 radical (unpaired) electrons. The zero-order valence-corrected chi connectivity index (χ0v) is 13.7. The van der Waals surface area contributed by atoms with E-state index in [4.69, 9.17) is 0 Å². The molecule has 2 aromatic rings. The maximum absolute atomic E-state index is 10.8. The normalized spacial score (nSPS) is 10.9. The lowest BCUT2D eigenvalue weighted by Gasteiger charge is -2.02. The van der Waals surface area contributed by atoms with Crippen molar-refractivity contribution < 1.29 is 10.0 Å². The molecule has 2 rings (SSSR count). The molecular formula is C13H8BrIN2O3. The topological polar surface area (TPSA) is 75.7 Å². The van der Waals surface area contributed by atoms with Crippen LogP contribution in [-0.4, -0.2) is 16.2 Å². The molecule has 0 fully saturated rings. The number of halogens is 2. The quantitative estimate of drug-likeness (QED) is 0.328. The zero-order chi connectivity index (χ0) is 14.7. The molecule has 2 aromatic carbocycles. The van der Waals surface area contributed by atoms with Crippen molar-refractivity contribution in [2.24, 2.45) is 4.99 Å². The van der Waals surface area contributed by atoms with Crippen LogP contribution in [0.2, 0.25) is 0 Å². The lowest BCUT2D eigenvalue weighted by Crippen LogP contribution is -1.91. The van der Waals surface area contributed by atoms with Gasteiger partial charge in [-0.3, -0.25) is 15.1 Å². The van der Waals surface area contributed by atoms with Gasteiger partial charge in [0.15, 0.2) is 0 Å². The number of benzene rings is 2. The average molecular weight is 447 g/mol. The second kappa shape index (κ2) is 6.31. The van der Waals surface area contributed by atoms with Crippen molar-refractivity contribution in [2.45, 2.75) is 0 Å². The van der Waals surface area contributed by atoms with Crippen LogP contribution in [0.1, 0.15) is 5.56 Å². The minimum absolute atomic E-state index is 0.0787. The average Bonchev–Trinajstić information content (AvgIpc) is 2.40. The Morgan fingerprint density at radius 2 is 2.10 bits per heavy atom. The number of phenolic OH excluding ortho intramolecular Hbond substituents is 1. The van der Waals surface area contributed by atoms with Crippen molar-refractivity contribution in [1.82, 2.24) is 0 Å². The Balaban J connectivity index is 2.40. The fourth-order valence-corrected chi connectivity index (χ4v) is 2.50. The summed E-state index contributed by atoms with van der Waals surface area (Å²) in [7, 11) is 0. The van der Waals surface area contributed by atoms with Gasteiger partial charge in [0.05, 0.1) is 15.1 Å². The van der Waals surface area contributed by atoms with Crippen LogP contribution in [0.5, 0.6) is 5.75 Å². The number of nitro groups is 1. The van der Waals surface area contributed by atoms with E-state index >= 15 is 0 Å². The number of nitro benzene ring substituents is 1.